The Hall–Kier alpha value is -1.55. The maximum absolute atomic E-state index is 11.6. The van der Waals surface area contributed by atoms with E-state index in [4.69, 9.17) is 15.2 Å². The van der Waals surface area contributed by atoms with Crippen LogP contribution in [0.5, 0.6) is 5.75 Å². The van der Waals surface area contributed by atoms with Gasteiger partial charge in [0.2, 0.25) is 0 Å². The molecule has 0 fully saturated rings. The van der Waals surface area contributed by atoms with Gasteiger partial charge in [-0.05, 0) is 48.6 Å². The number of carbonyl (C=O) groups excluding carboxylic acids is 1. The van der Waals surface area contributed by atoms with Crippen LogP contribution in [0.4, 0.5) is 0 Å². The lowest BCUT2D eigenvalue weighted by atomic mass is 10.0. The van der Waals surface area contributed by atoms with Crippen molar-refractivity contribution in [3.8, 4) is 5.75 Å². The summed E-state index contributed by atoms with van der Waals surface area (Å²) in [5, 5.41) is 0. The van der Waals surface area contributed by atoms with Gasteiger partial charge in [-0.1, -0.05) is 0 Å². The molecule has 1 aliphatic carbocycles. The Morgan fingerprint density at radius 3 is 2.89 bits per heavy atom. The normalized spacial score (nSPS) is 17.4. The van der Waals surface area contributed by atoms with Crippen molar-refractivity contribution < 1.29 is 14.3 Å². The molecule has 1 aromatic rings. The number of hydrogen-bond donors (Lipinski definition) is 1. The third-order valence-electron chi connectivity index (χ3n) is 3.23. The van der Waals surface area contributed by atoms with Crippen LogP contribution in [0.3, 0.4) is 0 Å². The van der Waals surface area contributed by atoms with E-state index < -0.39 is 0 Å². The summed E-state index contributed by atoms with van der Waals surface area (Å²) in [6.45, 7) is 2.22. The molecule has 0 aliphatic heterocycles. The van der Waals surface area contributed by atoms with Gasteiger partial charge in [-0.25, -0.2) is 0 Å². The summed E-state index contributed by atoms with van der Waals surface area (Å²) in [5.41, 5.74) is 9.35. The van der Waals surface area contributed by atoms with Crippen molar-refractivity contribution in [2.75, 3.05) is 13.7 Å². The number of carbonyl (C=O) groups is 1. The van der Waals surface area contributed by atoms with Crippen LogP contribution in [0.1, 0.15) is 23.6 Å². The third-order valence-corrected chi connectivity index (χ3v) is 3.23. The van der Waals surface area contributed by atoms with E-state index in [0.29, 0.717) is 13.0 Å². The topological polar surface area (TPSA) is 61.5 Å². The molecule has 0 saturated heterocycles. The van der Waals surface area contributed by atoms with Crippen LogP contribution in [-0.4, -0.2) is 25.7 Å². The highest BCUT2D eigenvalue weighted by molar-refractivity contribution is 5.73. The first-order chi connectivity index (χ1) is 8.63. The van der Waals surface area contributed by atoms with E-state index in [1.54, 1.807) is 7.11 Å². The fourth-order valence-corrected chi connectivity index (χ4v) is 2.47. The van der Waals surface area contributed by atoms with E-state index in [0.717, 1.165) is 24.2 Å². The lowest BCUT2D eigenvalue weighted by molar-refractivity contribution is -0.142. The highest BCUT2D eigenvalue weighted by Crippen LogP contribution is 2.30. The van der Waals surface area contributed by atoms with E-state index in [9.17, 15) is 4.79 Å². The lowest BCUT2D eigenvalue weighted by Gasteiger charge is -2.10. The molecule has 0 heterocycles. The van der Waals surface area contributed by atoms with Gasteiger partial charge in [0, 0.05) is 6.04 Å². The standard InChI is InChI=1S/C14H19NO3/c1-3-18-14(16)7-10-6-12(17-2)5-9-4-11(15)8-13(9)10/h5-6,11H,3-4,7-8,15H2,1-2H3. The summed E-state index contributed by atoms with van der Waals surface area (Å²) < 4.78 is 10.3. The molecule has 0 radical (unpaired) electrons. The number of hydrogen-bond acceptors (Lipinski definition) is 4. The first-order valence-electron chi connectivity index (χ1n) is 6.24. The van der Waals surface area contributed by atoms with Crippen molar-refractivity contribution in [3.05, 3.63) is 28.8 Å². The fraction of sp³-hybridized carbons (Fsp3) is 0.500. The molecular weight excluding hydrogens is 230 g/mol. The van der Waals surface area contributed by atoms with Crippen LogP contribution in [0, 0.1) is 0 Å². The average Bonchev–Trinajstić information content (AvgIpc) is 2.69. The molecule has 0 saturated carbocycles. The van der Waals surface area contributed by atoms with Gasteiger partial charge in [0.05, 0.1) is 20.1 Å². The zero-order valence-corrected chi connectivity index (χ0v) is 10.9. The van der Waals surface area contributed by atoms with Gasteiger partial charge < -0.3 is 15.2 Å². The quantitative estimate of drug-likeness (QED) is 0.815. The predicted octanol–water partition coefficient (Wildman–Crippen LogP) is 1.23. The van der Waals surface area contributed by atoms with E-state index >= 15 is 0 Å². The molecule has 0 spiro atoms. The van der Waals surface area contributed by atoms with E-state index in [-0.39, 0.29) is 12.0 Å². The van der Waals surface area contributed by atoms with Gasteiger partial charge in [-0.15, -0.1) is 0 Å². The number of methoxy groups -OCH3 is 1. The smallest absolute Gasteiger partial charge is 0.310 e. The summed E-state index contributed by atoms with van der Waals surface area (Å²) in [7, 11) is 1.63. The Morgan fingerprint density at radius 1 is 1.44 bits per heavy atom. The number of fused-ring (bicyclic) bond motifs is 1. The summed E-state index contributed by atoms with van der Waals surface area (Å²) >= 11 is 0. The molecule has 0 aromatic heterocycles. The number of ether oxygens (including phenoxy) is 2. The summed E-state index contributed by atoms with van der Waals surface area (Å²) in [6.07, 6.45) is 1.97. The van der Waals surface area contributed by atoms with Gasteiger partial charge in [-0.3, -0.25) is 4.79 Å². The molecule has 1 atom stereocenters. The van der Waals surface area contributed by atoms with Crippen molar-refractivity contribution in [1.82, 2.24) is 0 Å². The number of nitrogens with two attached hydrogens (primary N) is 1. The van der Waals surface area contributed by atoms with Crippen LogP contribution >= 0.6 is 0 Å². The maximum atomic E-state index is 11.6. The predicted molar refractivity (Wildman–Crippen MR) is 68.7 cm³/mol. The monoisotopic (exact) mass is 249 g/mol. The van der Waals surface area contributed by atoms with E-state index in [1.807, 2.05) is 19.1 Å². The number of rotatable bonds is 4. The van der Waals surface area contributed by atoms with Gasteiger partial charge >= 0.3 is 5.97 Å². The highest BCUT2D eigenvalue weighted by atomic mass is 16.5. The zero-order chi connectivity index (χ0) is 13.1. The SMILES string of the molecule is CCOC(=O)Cc1cc(OC)cc2c1CC(N)C2. The van der Waals surface area contributed by atoms with Crippen molar-refractivity contribution in [2.24, 2.45) is 5.73 Å². The van der Waals surface area contributed by atoms with Gasteiger partial charge in [0.1, 0.15) is 5.75 Å². The molecule has 2 N–H and O–H groups in total. The Kier molecular flexibility index (Phi) is 3.87. The lowest BCUT2D eigenvalue weighted by Crippen LogP contribution is -2.19. The van der Waals surface area contributed by atoms with Crippen LogP contribution < -0.4 is 10.5 Å². The molecule has 2 rings (SSSR count). The molecule has 0 bridgehead atoms. The summed E-state index contributed by atoms with van der Waals surface area (Å²) in [6, 6.07) is 4.07. The van der Waals surface area contributed by atoms with Crippen LogP contribution in [0.2, 0.25) is 0 Å². The number of benzene rings is 1. The van der Waals surface area contributed by atoms with Gasteiger partial charge in [0.25, 0.3) is 0 Å². The van der Waals surface area contributed by atoms with Crippen molar-refractivity contribution >= 4 is 5.97 Å². The Bertz CT molecular complexity index is 457. The van der Waals surface area contributed by atoms with E-state index in [1.165, 1.54) is 11.1 Å². The second-order valence-corrected chi connectivity index (χ2v) is 4.57. The van der Waals surface area contributed by atoms with Crippen molar-refractivity contribution in [3.63, 3.8) is 0 Å². The van der Waals surface area contributed by atoms with Crippen LogP contribution in [0.15, 0.2) is 12.1 Å². The average molecular weight is 249 g/mol. The molecule has 18 heavy (non-hydrogen) atoms. The minimum atomic E-state index is -0.201. The summed E-state index contributed by atoms with van der Waals surface area (Å²) in [5.74, 6) is 0.579. The van der Waals surface area contributed by atoms with Gasteiger partial charge in [0.15, 0.2) is 0 Å². The minimum Gasteiger partial charge on any atom is -0.497 e. The first-order valence-corrected chi connectivity index (χ1v) is 6.24. The Morgan fingerprint density at radius 2 is 2.22 bits per heavy atom. The van der Waals surface area contributed by atoms with Crippen molar-refractivity contribution in [2.45, 2.75) is 32.2 Å². The fourth-order valence-electron chi connectivity index (χ4n) is 2.47. The Balaban J connectivity index is 2.28. The Labute approximate surface area is 107 Å². The summed E-state index contributed by atoms with van der Waals surface area (Å²) in [4.78, 5) is 11.6. The largest absolute Gasteiger partial charge is 0.497 e. The molecule has 0 amide bonds. The molecule has 1 aliphatic rings. The zero-order valence-electron chi connectivity index (χ0n) is 10.9. The maximum Gasteiger partial charge on any atom is 0.310 e. The molecular formula is C14H19NO3. The molecule has 4 nitrogen and oxygen atoms in total. The van der Waals surface area contributed by atoms with Gasteiger partial charge in [-0.2, -0.15) is 0 Å². The van der Waals surface area contributed by atoms with Crippen molar-refractivity contribution in [1.29, 1.82) is 0 Å². The van der Waals surface area contributed by atoms with Crippen LogP contribution in [-0.2, 0) is 28.8 Å². The van der Waals surface area contributed by atoms with Crippen LogP contribution in [0.25, 0.3) is 0 Å². The first kappa shape index (κ1) is 12.9. The minimum absolute atomic E-state index is 0.146. The van der Waals surface area contributed by atoms with E-state index in [2.05, 4.69) is 0 Å². The third kappa shape index (κ3) is 2.64. The molecule has 4 heteroatoms. The second-order valence-electron chi connectivity index (χ2n) is 4.57. The molecule has 1 aromatic carbocycles. The molecule has 1 unspecified atom stereocenters. The highest BCUT2D eigenvalue weighted by Gasteiger charge is 2.23. The number of esters is 1. The second kappa shape index (κ2) is 5.40. The molecule has 98 valence electrons.